The number of nitrogens with one attached hydrogen (secondary N) is 2. The maximum Gasteiger partial charge on any atom is 0.281 e. The zero-order chi connectivity index (χ0) is 17.5. The van der Waals surface area contributed by atoms with Crippen LogP contribution >= 0.6 is 0 Å². The van der Waals surface area contributed by atoms with Crippen molar-refractivity contribution in [1.29, 1.82) is 0 Å². The lowest BCUT2D eigenvalue weighted by atomic mass is 10.1. The molecule has 0 radical (unpaired) electrons. The van der Waals surface area contributed by atoms with Gasteiger partial charge in [-0.25, -0.2) is 0 Å². The van der Waals surface area contributed by atoms with Gasteiger partial charge < -0.3 is 15.1 Å². The molecule has 0 fully saturated rings. The summed E-state index contributed by atoms with van der Waals surface area (Å²) in [5, 5.41) is 2.60. The maximum atomic E-state index is 12.4. The minimum atomic E-state index is -0.0954. The van der Waals surface area contributed by atoms with Gasteiger partial charge in [0.25, 0.3) is 11.8 Å². The Balaban J connectivity index is 1.91. The van der Waals surface area contributed by atoms with Crippen molar-refractivity contribution in [3.05, 3.63) is 65.7 Å². The van der Waals surface area contributed by atoms with Gasteiger partial charge in [-0.1, -0.05) is 30.3 Å². The van der Waals surface area contributed by atoms with E-state index in [9.17, 15) is 9.59 Å². The van der Waals surface area contributed by atoms with E-state index in [2.05, 4.69) is 5.32 Å². The van der Waals surface area contributed by atoms with Gasteiger partial charge in [0, 0.05) is 30.9 Å². The van der Waals surface area contributed by atoms with E-state index in [4.69, 9.17) is 0 Å². The van der Waals surface area contributed by atoms with E-state index in [0.717, 1.165) is 22.7 Å². The number of carbonyl (C=O) groups is 2. The van der Waals surface area contributed by atoms with Crippen molar-refractivity contribution in [2.45, 2.75) is 6.54 Å². The molecular weight excluding hydrogens is 302 g/mol. The van der Waals surface area contributed by atoms with Gasteiger partial charge in [-0.2, -0.15) is 0 Å². The summed E-state index contributed by atoms with van der Waals surface area (Å²) in [5.41, 5.74) is 2.62. The normalized spacial score (nSPS) is 11.6. The molecule has 2 rings (SSSR count). The lowest BCUT2D eigenvalue weighted by molar-refractivity contribution is -0.885. The number of quaternary nitrogens is 1. The zero-order valence-corrected chi connectivity index (χ0v) is 14.4. The molecule has 24 heavy (non-hydrogen) atoms. The summed E-state index contributed by atoms with van der Waals surface area (Å²) in [6.07, 6.45) is 0. The first kappa shape index (κ1) is 17.7. The van der Waals surface area contributed by atoms with Crippen LogP contribution in [0.1, 0.15) is 15.9 Å². The van der Waals surface area contributed by atoms with E-state index in [1.165, 1.54) is 0 Å². The van der Waals surface area contributed by atoms with E-state index in [-0.39, 0.29) is 11.8 Å². The quantitative estimate of drug-likeness (QED) is 0.822. The fourth-order valence-electron chi connectivity index (χ4n) is 2.50. The summed E-state index contributed by atoms with van der Waals surface area (Å²) in [7, 11) is 5.40. The molecule has 2 N–H and O–H groups in total. The highest BCUT2D eigenvalue weighted by atomic mass is 16.2. The van der Waals surface area contributed by atoms with Gasteiger partial charge in [-0.3, -0.25) is 9.59 Å². The molecule has 2 aromatic rings. The van der Waals surface area contributed by atoms with Crippen LogP contribution in [0, 0.1) is 0 Å². The smallest absolute Gasteiger partial charge is 0.281 e. The van der Waals surface area contributed by atoms with E-state index in [0.29, 0.717) is 12.1 Å². The fourth-order valence-corrected chi connectivity index (χ4v) is 2.50. The summed E-state index contributed by atoms with van der Waals surface area (Å²) in [6, 6.07) is 17.1. The molecule has 0 spiro atoms. The highest BCUT2D eigenvalue weighted by molar-refractivity contribution is 5.94. The van der Waals surface area contributed by atoms with Gasteiger partial charge in [0.2, 0.25) is 0 Å². The number of hydrogen-bond donors (Lipinski definition) is 2. The minimum absolute atomic E-state index is 0.0701. The van der Waals surface area contributed by atoms with E-state index in [1.807, 2.05) is 49.5 Å². The van der Waals surface area contributed by atoms with Gasteiger partial charge in [-0.05, 0) is 24.3 Å². The van der Waals surface area contributed by atoms with E-state index in [1.54, 1.807) is 31.1 Å². The molecule has 0 aliphatic rings. The molecule has 5 heteroatoms. The predicted octanol–water partition coefficient (Wildman–Crippen LogP) is 0.724. The molecule has 1 unspecified atom stereocenters. The Kier molecular flexibility index (Phi) is 6.09. The Labute approximate surface area is 142 Å². The molecule has 0 heterocycles. The van der Waals surface area contributed by atoms with Crippen molar-refractivity contribution < 1.29 is 14.5 Å². The molecule has 126 valence electrons. The van der Waals surface area contributed by atoms with Crippen LogP contribution in [0.2, 0.25) is 0 Å². The van der Waals surface area contributed by atoms with Crippen LogP contribution in [0.3, 0.4) is 0 Å². The molecule has 0 aliphatic heterocycles. The highest BCUT2D eigenvalue weighted by Gasteiger charge is 2.16. The zero-order valence-electron chi connectivity index (χ0n) is 14.4. The molecule has 0 saturated carbocycles. The number of carbonyl (C=O) groups excluding carboxylic acids is 2. The van der Waals surface area contributed by atoms with E-state index < -0.39 is 0 Å². The van der Waals surface area contributed by atoms with Gasteiger partial charge in [-0.15, -0.1) is 0 Å². The van der Waals surface area contributed by atoms with Crippen LogP contribution in [0.25, 0.3) is 0 Å². The molecule has 5 nitrogen and oxygen atoms in total. The summed E-state index contributed by atoms with van der Waals surface area (Å²) < 4.78 is 0. The number of rotatable bonds is 6. The number of likely N-dealkylation sites (N-methyl/N-ethyl adjacent to an activating group) is 2. The van der Waals surface area contributed by atoms with Gasteiger partial charge >= 0.3 is 0 Å². The SMILES string of the molecule is CNC(=O)c1ccc(C[NH+](C)CC(=O)N(C)c2ccccc2)cc1. The highest BCUT2D eigenvalue weighted by Crippen LogP contribution is 2.10. The van der Waals surface area contributed by atoms with Crippen molar-refractivity contribution in [3.63, 3.8) is 0 Å². The Bertz CT molecular complexity index is 684. The summed E-state index contributed by atoms with van der Waals surface area (Å²) in [6.45, 7) is 1.13. The number of para-hydroxylation sites is 1. The number of hydrogen-bond acceptors (Lipinski definition) is 2. The van der Waals surface area contributed by atoms with Crippen LogP contribution in [-0.4, -0.2) is 39.5 Å². The van der Waals surface area contributed by atoms with Gasteiger partial charge in [0.1, 0.15) is 6.54 Å². The average Bonchev–Trinajstić information content (AvgIpc) is 2.61. The molecule has 0 aliphatic carbocycles. The van der Waals surface area contributed by atoms with Crippen LogP contribution in [-0.2, 0) is 11.3 Å². The molecule has 0 bridgehead atoms. The Morgan fingerprint density at radius 2 is 1.67 bits per heavy atom. The monoisotopic (exact) mass is 326 g/mol. The standard InChI is InChI=1S/C19H23N3O2/c1-20-19(24)16-11-9-15(10-12-16)13-21(2)14-18(23)22(3)17-7-5-4-6-8-17/h4-12H,13-14H2,1-3H3,(H,20,24)/p+1. The van der Waals surface area contributed by atoms with Gasteiger partial charge in [0.05, 0.1) is 7.05 Å². The summed E-state index contributed by atoms with van der Waals surface area (Å²) >= 11 is 0. The Morgan fingerprint density at radius 3 is 2.25 bits per heavy atom. The summed E-state index contributed by atoms with van der Waals surface area (Å²) in [5.74, 6) is -0.0254. The van der Waals surface area contributed by atoms with Crippen LogP contribution in [0.4, 0.5) is 5.69 Å². The molecule has 1 atom stereocenters. The van der Waals surface area contributed by atoms with Crippen molar-refractivity contribution in [2.75, 3.05) is 32.6 Å². The second-order valence-electron chi connectivity index (χ2n) is 5.88. The second kappa shape index (κ2) is 8.26. The van der Waals surface area contributed by atoms with Crippen molar-refractivity contribution >= 4 is 17.5 Å². The molecule has 0 saturated heterocycles. The van der Waals surface area contributed by atoms with Crippen molar-refractivity contribution in [2.24, 2.45) is 0 Å². The third-order valence-electron chi connectivity index (χ3n) is 3.92. The second-order valence-corrected chi connectivity index (χ2v) is 5.88. The van der Waals surface area contributed by atoms with Crippen LogP contribution in [0.5, 0.6) is 0 Å². The fraction of sp³-hybridized carbons (Fsp3) is 0.263. The molecule has 2 aromatic carbocycles. The number of nitrogens with zero attached hydrogens (tertiary/aromatic N) is 1. The van der Waals surface area contributed by atoms with Crippen LogP contribution < -0.4 is 15.1 Å². The van der Waals surface area contributed by atoms with Crippen molar-refractivity contribution in [3.8, 4) is 0 Å². The first-order valence-corrected chi connectivity index (χ1v) is 7.95. The maximum absolute atomic E-state index is 12.4. The Hall–Kier alpha value is -2.66. The third-order valence-corrected chi connectivity index (χ3v) is 3.92. The lowest BCUT2D eigenvalue weighted by Gasteiger charge is -2.20. The lowest BCUT2D eigenvalue weighted by Crippen LogP contribution is -3.08. The predicted molar refractivity (Wildman–Crippen MR) is 95.1 cm³/mol. The minimum Gasteiger partial charge on any atom is -0.355 e. The third kappa shape index (κ3) is 4.67. The molecule has 0 aromatic heterocycles. The summed E-state index contributed by atoms with van der Waals surface area (Å²) in [4.78, 5) is 26.7. The average molecular weight is 326 g/mol. The van der Waals surface area contributed by atoms with Crippen molar-refractivity contribution in [1.82, 2.24) is 5.32 Å². The first-order valence-electron chi connectivity index (χ1n) is 7.95. The number of amides is 2. The molecular formula is C19H24N3O2+. The van der Waals surface area contributed by atoms with Gasteiger partial charge in [0.15, 0.2) is 6.54 Å². The topological polar surface area (TPSA) is 53.9 Å². The largest absolute Gasteiger partial charge is 0.355 e. The Morgan fingerprint density at radius 1 is 1.04 bits per heavy atom. The van der Waals surface area contributed by atoms with E-state index >= 15 is 0 Å². The number of anilines is 1. The number of benzene rings is 2. The molecule has 2 amide bonds. The van der Waals surface area contributed by atoms with Crippen LogP contribution in [0.15, 0.2) is 54.6 Å². The first-order chi connectivity index (χ1) is 11.5.